The van der Waals surface area contributed by atoms with E-state index in [9.17, 15) is 22.4 Å². The highest BCUT2D eigenvalue weighted by atomic mass is 79.9. The summed E-state index contributed by atoms with van der Waals surface area (Å²) in [6, 6.07) is 6.09. The van der Waals surface area contributed by atoms with Gasteiger partial charge in [-0.15, -0.1) is 0 Å². The minimum atomic E-state index is -4.92. The van der Waals surface area contributed by atoms with Gasteiger partial charge in [-0.2, -0.15) is 13.2 Å². The molecule has 6 nitrogen and oxygen atoms in total. The number of rotatable bonds is 4. The summed E-state index contributed by atoms with van der Waals surface area (Å²) in [5.74, 6) is -1.47. The largest absolute Gasteiger partial charge is 0.435 e. The molecule has 0 aromatic heterocycles. The van der Waals surface area contributed by atoms with Gasteiger partial charge < -0.3 is 15.0 Å². The van der Waals surface area contributed by atoms with Crippen LogP contribution in [0.5, 0.6) is 0 Å². The first-order valence-electron chi connectivity index (χ1n) is 9.68. The van der Waals surface area contributed by atoms with E-state index >= 15 is 0 Å². The van der Waals surface area contributed by atoms with E-state index < -0.39 is 51.8 Å². The van der Waals surface area contributed by atoms with Gasteiger partial charge >= 0.3 is 6.18 Å². The second kappa shape index (κ2) is 9.01. The lowest BCUT2D eigenvalue weighted by Crippen LogP contribution is -2.42. The number of hydrogen-bond acceptors (Lipinski definition) is 5. The maximum absolute atomic E-state index is 14.2. The summed E-state index contributed by atoms with van der Waals surface area (Å²) in [4.78, 5) is 22.5. The zero-order valence-corrected chi connectivity index (χ0v) is 20.2. The van der Waals surface area contributed by atoms with Crippen molar-refractivity contribution in [2.75, 3.05) is 0 Å². The van der Waals surface area contributed by atoms with Gasteiger partial charge in [0.2, 0.25) is 6.23 Å². The molecule has 1 N–H and O–H groups in total. The number of aryl methyl sites for hydroxylation is 1. The Kier molecular flexibility index (Phi) is 6.56. The molecule has 2 atom stereocenters. The Morgan fingerprint density at radius 2 is 1.88 bits per heavy atom. The van der Waals surface area contributed by atoms with Crippen molar-refractivity contribution in [3.8, 4) is 0 Å². The minimum absolute atomic E-state index is 0.0135. The van der Waals surface area contributed by atoms with Gasteiger partial charge in [-0.3, -0.25) is 4.79 Å². The molecule has 1 amide bonds. The Bertz CT molecular complexity index is 1220. The number of benzene rings is 2. The molecular formula is C21H14BrCl2F4N3O3. The van der Waals surface area contributed by atoms with Gasteiger partial charge in [0.05, 0.1) is 22.2 Å². The molecule has 4 rings (SSSR count). The number of halogens is 7. The summed E-state index contributed by atoms with van der Waals surface area (Å²) in [6.45, 7) is 1.63. The molecule has 2 aliphatic rings. The average molecular weight is 583 g/mol. The van der Waals surface area contributed by atoms with Crippen molar-refractivity contribution in [1.82, 2.24) is 5.32 Å². The van der Waals surface area contributed by atoms with Crippen LogP contribution in [0.1, 0.15) is 39.9 Å². The van der Waals surface area contributed by atoms with Gasteiger partial charge in [0, 0.05) is 17.5 Å². The molecule has 0 saturated heterocycles. The molecule has 0 saturated carbocycles. The van der Waals surface area contributed by atoms with Crippen LogP contribution in [0.25, 0.3) is 0 Å². The molecule has 34 heavy (non-hydrogen) atoms. The van der Waals surface area contributed by atoms with Gasteiger partial charge in [0.1, 0.15) is 4.62 Å². The fourth-order valence-electron chi connectivity index (χ4n) is 3.59. The SMILES string of the molecule is Cc1cc(C2=NO[C@@](c3cc(Cl)c(F)c(Cl)c3)(C(F)(F)F)C2)ccc1C(=O)N[C@@H]1CC(Br)=NO1. The van der Waals surface area contributed by atoms with E-state index in [0.717, 1.165) is 12.1 Å². The molecular weight excluding hydrogens is 569 g/mol. The fraction of sp³-hybridized carbons (Fsp3) is 0.286. The predicted molar refractivity (Wildman–Crippen MR) is 121 cm³/mol. The lowest BCUT2D eigenvalue weighted by atomic mass is 9.86. The summed E-state index contributed by atoms with van der Waals surface area (Å²) >= 11 is 14.6. The maximum atomic E-state index is 14.2. The highest BCUT2D eigenvalue weighted by Gasteiger charge is 2.62. The molecule has 0 unspecified atom stereocenters. The van der Waals surface area contributed by atoms with E-state index in [1.54, 1.807) is 6.92 Å². The van der Waals surface area contributed by atoms with Gasteiger partial charge in [0.25, 0.3) is 11.5 Å². The van der Waals surface area contributed by atoms with E-state index in [1.165, 1.54) is 18.2 Å². The molecule has 2 aromatic carbocycles. The smallest absolute Gasteiger partial charge is 0.374 e. The molecule has 0 radical (unpaired) electrons. The summed E-state index contributed by atoms with van der Waals surface area (Å²) in [5, 5.41) is 8.87. The molecule has 0 fully saturated rings. The molecule has 180 valence electrons. The van der Waals surface area contributed by atoms with E-state index in [0.29, 0.717) is 27.7 Å². The van der Waals surface area contributed by atoms with Crippen molar-refractivity contribution < 1.29 is 32.0 Å². The van der Waals surface area contributed by atoms with Crippen LogP contribution in [0.2, 0.25) is 10.0 Å². The minimum Gasteiger partial charge on any atom is -0.374 e. The number of oxime groups is 2. The number of carbonyl (C=O) groups excluding carboxylic acids is 1. The first kappa shape index (κ1) is 24.7. The fourth-order valence-corrected chi connectivity index (χ4v) is 4.46. The van der Waals surface area contributed by atoms with E-state index in [-0.39, 0.29) is 5.71 Å². The molecule has 2 aromatic rings. The second-order valence-corrected chi connectivity index (χ2v) is 9.38. The van der Waals surface area contributed by atoms with E-state index in [4.69, 9.17) is 32.9 Å². The topological polar surface area (TPSA) is 72.3 Å². The summed E-state index contributed by atoms with van der Waals surface area (Å²) in [5.41, 5.74) is -2.28. The predicted octanol–water partition coefficient (Wildman–Crippen LogP) is 6.21. The van der Waals surface area contributed by atoms with E-state index in [1.807, 2.05) is 0 Å². The second-order valence-electron chi connectivity index (χ2n) is 7.65. The normalized spacial score (nSPS) is 22.1. The number of nitrogens with one attached hydrogen (secondary N) is 1. The quantitative estimate of drug-likeness (QED) is 0.344. The zero-order valence-electron chi connectivity index (χ0n) is 17.1. The number of amides is 1. The highest BCUT2D eigenvalue weighted by molar-refractivity contribution is 9.18. The van der Waals surface area contributed by atoms with Crippen LogP contribution in [0.15, 0.2) is 40.6 Å². The van der Waals surface area contributed by atoms with Crippen LogP contribution in [0, 0.1) is 12.7 Å². The third-order valence-electron chi connectivity index (χ3n) is 5.37. The Hall–Kier alpha value is -2.37. The number of hydrogen-bond donors (Lipinski definition) is 1. The van der Waals surface area contributed by atoms with Crippen LogP contribution in [0.3, 0.4) is 0 Å². The van der Waals surface area contributed by atoms with Crippen molar-refractivity contribution in [1.29, 1.82) is 0 Å². The summed E-state index contributed by atoms with van der Waals surface area (Å²) < 4.78 is 56.9. The van der Waals surface area contributed by atoms with Gasteiger partial charge in [-0.25, -0.2) is 4.39 Å². The molecule has 2 heterocycles. The van der Waals surface area contributed by atoms with E-state index in [2.05, 4.69) is 31.6 Å². The van der Waals surface area contributed by atoms with Gasteiger partial charge in [-0.05, 0) is 58.2 Å². The molecule has 0 bridgehead atoms. The van der Waals surface area contributed by atoms with Crippen molar-refractivity contribution >= 4 is 55.4 Å². The summed E-state index contributed by atoms with van der Waals surface area (Å²) in [7, 11) is 0. The van der Waals surface area contributed by atoms with Crippen LogP contribution >= 0.6 is 39.1 Å². The lowest BCUT2D eigenvalue weighted by molar-refractivity contribution is -0.275. The van der Waals surface area contributed by atoms with Crippen LogP contribution in [-0.4, -0.2) is 28.6 Å². The molecule has 13 heteroatoms. The molecule has 0 spiro atoms. The lowest BCUT2D eigenvalue weighted by Gasteiger charge is -2.29. The first-order valence-corrected chi connectivity index (χ1v) is 11.2. The Morgan fingerprint density at radius 3 is 2.44 bits per heavy atom. The van der Waals surface area contributed by atoms with Crippen molar-refractivity contribution in [3.63, 3.8) is 0 Å². The van der Waals surface area contributed by atoms with Crippen molar-refractivity contribution in [2.24, 2.45) is 10.3 Å². The van der Waals surface area contributed by atoms with Crippen molar-refractivity contribution in [2.45, 2.75) is 37.8 Å². The number of nitrogens with zero attached hydrogens (tertiary/aromatic N) is 2. The standard InChI is InChI=1S/C21H14BrCl2F4N3O3/c1-9-4-10(2-3-12(9)19(32)29-17-7-16(22)31-33-17)15-8-20(34-30-15,21(26,27)28)11-5-13(23)18(25)14(24)6-11/h2-6,17H,7-8H2,1H3,(H,29,32)/t17-,20-/m0/s1. The van der Waals surface area contributed by atoms with Crippen LogP contribution < -0.4 is 5.32 Å². The van der Waals surface area contributed by atoms with Gasteiger partial charge in [0.15, 0.2) is 5.82 Å². The third-order valence-corrected chi connectivity index (χ3v) is 6.38. The van der Waals surface area contributed by atoms with Crippen LogP contribution in [-0.2, 0) is 15.3 Å². The van der Waals surface area contributed by atoms with Crippen molar-refractivity contribution in [3.05, 3.63) is 68.4 Å². The Morgan fingerprint density at radius 1 is 1.21 bits per heavy atom. The first-order chi connectivity index (χ1) is 15.9. The highest BCUT2D eigenvalue weighted by Crippen LogP contribution is 2.50. The Balaban J connectivity index is 1.59. The molecule has 0 aliphatic carbocycles. The van der Waals surface area contributed by atoms with Gasteiger partial charge in [-0.1, -0.05) is 39.6 Å². The number of carbonyl (C=O) groups is 1. The maximum Gasteiger partial charge on any atom is 0.435 e. The Labute approximate surface area is 209 Å². The molecule has 2 aliphatic heterocycles. The zero-order chi connectivity index (χ0) is 24.8. The average Bonchev–Trinajstić information content (AvgIpc) is 3.38. The monoisotopic (exact) mass is 581 g/mol. The number of alkyl halides is 3. The van der Waals surface area contributed by atoms with Crippen LogP contribution in [0.4, 0.5) is 17.6 Å². The summed E-state index contributed by atoms with van der Waals surface area (Å²) in [6.07, 6.45) is -5.89. The third kappa shape index (κ3) is 4.48.